The Hall–Kier alpha value is -2.09. The van der Waals surface area contributed by atoms with E-state index in [9.17, 15) is 4.79 Å². The highest BCUT2D eigenvalue weighted by atomic mass is 79.9. The molecule has 0 saturated carbocycles. The molecule has 0 spiro atoms. The van der Waals surface area contributed by atoms with E-state index in [2.05, 4.69) is 26.0 Å². The minimum atomic E-state index is -0.470. The maximum absolute atomic E-state index is 12.2. The van der Waals surface area contributed by atoms with Gasteiger partial charge in [-0.15, -0.1) is 0 Å². The molecule has 1 amide bonds. The summed E-state index contributed by atoms with van der Waals surface area (Å²) in [5.74, 6) is 0.479. The number of halogens is 1. The molecule has 1 saturated heterocycles. The van der Waals surface area contributed by atoms with Crippen LogP contribution in [0.5, 0.6) is 0 Å². The summed E-state index contributed by atoms with van der Waals surface area (Å²) in [4.78, 5) is 18.1. The van der Waals surface area contributed by atoms with Crippen molar-refractivity contribution in [1.29, 1.82) is 0 Å². The van der Waals surface area contributed by atoms with Crippen LogP contribution in [0.15, 0.2) is 29.1 Å². The summed E-state index contributed by atoms with van der Waals surface area (Å²) >= 11 is 3.42. The summed E-state index contributed by atoms with van der Waals surface area (Å²) in [5.41, 5.74) is 7.31. The van der Waals surface area contributed by atoms with E-state index in [0.29, 0.717) is 18.9 Å². The molecule has 26 heavy (non-hydrogen) atoms. The zero-order valence-electron chi connectivity index (χ0n) is 15.3. The Morgan fingerprint density at radius 1 is 1.31 bits per heavy atom. The van der Waals surface area contributed by atoms with E-state index >= 15 is 0 Å². The molecule has 0 radical (unpaired) electrons. The van der Waals surface area contributed by atoms with Crippen molar-refractivity contribution >= 4 is 27.8 Å². The Morgan fingerprint density at radius 3 is 2.65 bits per heavy atom. The van der Waals surface area contributed by atoms with Crippen LogP contribution in [0.1, 0.15) is 39.7 Å². The van der Waals surface area contributed by atoms with Crippen LogP contribution < -0.4 is 5.73 Å². The van der Waals surface area contributed by atoms with Crippen molar-refractivity contribution in [2.24, 2.45) is 0 Å². The third kappa shape index (κ3) is 4.35. The van der Waals surface area contributed by atoms with Gasteiger partial charge in [0, 0.05) is 41.1 Å². The molecular weight excluding hydrogens is 398 g/mol. The number of pyridine rings is 1. The molecule has 1 aliphatic heterocycles. The number of aromatic nitrogens is 3. The zero-order chi connectivity index (χ0) is 18.9. The summed E-state index contributed by atoms with van der Waals surface area (Å²) in [6.45, 7) is 6.97. The molecule has 3 heterocycles. The first-order chi connectivity index (χ1) is 12.2. The molecule has 0 aromatic carbocycles. The summed E-state index contributed by atoms with van der Waals surface area (Å²) in [6, 6.07) is 2.19. The summed E-state index contributed by atoms with van der Waals surface area (Å²) < 4.78 is 8.28. The van der Waals surface area contributed by atoms with Crippen LogP contribution in [-0.2, 0) is 4.74 Å². The van der Waals surface area contributed by atoms with Crippen molar-refractivity contribution in [3.63, 3.8) is 0 Å². The number of carbonyl (C=O) groups excluding carboxylic acids is 1. The van der Waals surface area contributed by atoms with E-state index in [1.54, 1.807) is 17.3 Å². The number of rotatable bonds is 2. The second-order valence-electron chi connectivity index (χ2n) is 7.49. The average Bonchev–Trinajstić information content (AvgIpc) is 3.05. The molecule has 1 fully saturated rings. The maximum Gasteiger partial charge on any atom is 0.410 e. The van der Waals surface area contributed by atoms with Gasteiger partial charge in [0.05, 0.1) is 12.2 Å². The highest BCUT2D eigenvalue weighted by Gasteiger charge is 2.28. The fourth-order valence-electron chi connectivity index (χ4n) is 3.00. The van der Waals surface area contributed by atoms with E-state index in [4.69, 9.17) is 10.5 Å². The number of nitrogens with zero attached hydrogens (tertiary/aromatic N) is 4. The van der Waals surface area contributed by atoms with Gasteiger partial charge in [0.25, 0.3) is 0 Å². The van der Waals surface area contributed by atoms with Crippen LogP contribution in [0.4, 0.5) is 10.6 Å². The van der Waals surface area contributed by atoms with Gasteiger partial charge in [-0.3, -0.25) is 4.68 Å². The van der Waals surface area contributed by atoms with Crippen LogP contribution in [0, 0.1) is 0 Å². The van der Waals surface area contributed by atoms with Crippen molar-refractivity contribution in [2.75, 3.05) is 18.8 Å². The molecule has 2 N–H and O–H groups in total. The van der Waals surface area contributed by atoms with E-state index in [0.717, 1.165) is 28.4 Å². The normalized spacial score (nSPS) is 15.9. The lowest BCUT2D eigenvalue weighted by Crippen LogP contribution is -2.42. The lowest BCUT2D eigenvalue weighted by Gasteiger charge is -2.33. The minimum Gasteiger partial charge on any atom is -0.444 e. The lowest BCUT2D eigenvalue weighted by molar-refractivity contribution is 0.0185. The van der Waals surface area contributed by atoms with Crippen LogP contribution in [-0.4, -0.2) is 44.4 Å². The molecule has 3 rings (SSSR count). The molecule has 0 aliphatic carbocycles. The van der Waals surface area contributed by atoms with Crippen molar-refractivity contribution < 1.29 is 9.53 Å². The fraction of sp³-hybridized carbons (Fsp3) is 0.500. The molecular formula is C18H24BrN5O2. The third-order valence-corrected chi connectivity index (χ3v) is 4.72. The lowest BCUT2D eigenvalue weighted by atomic mass is 10.1. The monoisotopic (exact) mass is 421 g/mol. The standard InChI is InChI=1S/C18H24BrN5O2/c1-18(2,3)26-17(25)23-6-4-14(5-7-23)24-11-12(9-22-24)15-8-13(19)10-21-16(15)20/h8-11,14H,4-7H2,1-3H3,(H2,20,21). The minimum absolute atomic E-state index is 0.245. The average molecular weight is 422 g/mol. The van der Waals surface area contributed by atoms with Crippen LogP contribution in [0.25, 0.3) is 11.1 Å². The van der Waals surface area contributed by atoms with E-state index < -0.39 is 5.60 Å². The van der Waals surface area contributed by atoms with Gasteiger partial charge in [-0.25, -0.2) is 9.78 Å². The Kier molecular flexibility index (Phi) is 5.22. The number of likely N-dealkylation sites (tertiary alicyclic amines) is 1. The van der Waals surface area contributed by atoms with Crippen LogP contribution >= 0.6 is 15.9 Å². The maximum atomic E-state index is 12.2. The second-order valence-corrected chi connectivity index (χ2v) is 8.41. The Bertz CT molecular complexity index is 791. The molecule has 0 atom stereocenters. The molecule has 0 unspecified atom stereocenters. The van der Waals surface area contributed by atoms with Crippen LogP contribution in [0.2, 0.25) is 0 Å². The van der Waals surface area contributed by atoms with Crippen molar-refractivity contribution in [3.8, 4) is 11.1 Å². The number of anilines is 1. The number of hydrogen-bond donors (Lipinski definition) is 1. The molecule has 140 valence electrons. The predicted molar refractivity (Wildman–Crippen MR) is 104 cm³/mol. The summed E-state index contributed by atoms with van der Waals surface area (Å²) in [7, 11) is 0. The second kappa shape index (κ2) is 7.26. The molecule has 8 heteroatoms. The van der Waals surface area contributed by atoms with E-state index in [1.807, 2.05) is 37.7 Å². The number of amides is 1. The number of carbonyl (C=O) groups is 1. The Labute approximate surface area is 161 Å². The number of ether oxygens (including phenoxy) is 1. The SMILES string of the molecule is CC(C)(C)OC(=O)N1CCC(n2cc(-c3cc(Br)cnc3N)cn2)CC1. The smallest absolute Gasteiger partial charge is 0.410 e. The van der Waals surface area contributed by atoms with Gasteiger partial charge in [-0.1, -0.05) is 0 Å². The summed E-state index contributed by atoms with van der Waals surface area (Å²) in [6.07, 6.45) is 6.91. The van der Waals surface area contributed by atoms with Gasteiger partial charge in [0.1, 0.15) is 11.4 Å². The quantitative estimate of drug-likeness (QED) is 0.794. The van der Waals surface area contributed by atoms with Gasteiger partial charge in [-0.05, 0) is 55.6 Å². The number of nitrogen functional groups attached to an aromatic ring is 1. The first kappa shape index (κ1) is 18.7. The highest BCUT2D eigenvalue weighted by molar-refractivity contribution is 9.10. The Balaban J connectivity index is 1.65. The summed E-state index contributed by atoms with van der Waals surface area (Å²) in [5, 5.41) is 4.50. The van der Waals surface area contributed by atoms with Crippen molar-refractivity contribution in [1.82, 2.24) is 19.7 Å². The number of nitrogens with two attached hydrogens (primary N) is 1. The van der Waals surface area contributed by atoms with E-state index in [1.165, 1.54) is 0 Å². The first-order valence-electron chi connectivity index (χ1n) is 8.66. The Morgan fingerprint density at radius 2 is 2.00 bits per heavy atom. The molecule has 1 aliphatic rings. The molecule has 0 bridgehead atoms. The van der Waals surface area contributed by atoms with Gasteiger partial charge in [0.15, 0.2) is 0 Å². The van der Waals surface area contributed by atoms with Crippen LogP contribution in [0.3, 0.4) is 0 Å². The molecule has 2 aromatic heterocycles. The number of hydrogen-bond acceptors (Lipinski definition) is 5. The predicted octanol–water partition coefficient (Wildman–Crippen LogP) is 3.86. The zero-order valence-corrected chi connectivity index (χ0v) is 16.9. The topological polar surface area (TPSA) is 86.3 Å². The van der Waals surface area contributed by atoms with Crippen molar-refractivity contribution in [3.05, 3.63) is 29.1 Å². The van der Waals surface area contributed by atoms with Gasteiger partial charge in [-0.2, -0.15) is 5.10 Å². The first-order valence-corrected chi connectivity index (χ1v) is 9.46. The largest absolute Gasteiger partial charge is 0.444 e. The number of piperidine rings is 1. The van der Waals surface area contributed by atoms with Gasteiger partial charge < -0.3 is 15.4 Å². The highest BCUT2D eigenvalue weighted by Crippen LogP contribution is 2.29. The van der Waals surface area contributed by atoms with E-state index in [-0.39, 0.29) is 12.1 Å². The van der Waals surface area contributed by atoms with Gasteiger partial charge >= 0.3 is 6.09 Å². The van der Waals surface area contributed by atoms with Gasteiger partial charge in [0.2, 0.25) is 0 Å². The molecule has 2 aromatic rings. The third-order valence-electron chi connectivity index (χ3n) is 4.29. The van der Waals surface area contributed by atoms with Crippen molar-refractivity contribution in [2.45, 2.75) is 45.3 Å². The fourth-order valence-corrected chi connectivity index (χ4v) is 3.33. The molecule has 7 nitrogen and oxygen atoms in total.